The van der Waals surface area contributed by atoms with Gasteiger partial charge < -0.3 is 14.2 Å². The quantitative estimate of drug-likeness (QED) is 0.652. The number of hydrogen-bond donors (Lipinski definition) is 1. The van der Waals surface area contributed by atoms with Crippen molar-refractivity contribution >= 4 is 7.60 Å². The highest BCUT2D eigenvalue weighted by Gasteiger charge is 2.41. The highest BCUT2D eigenvalue weighted by Crippen LogP contribution is 2.62. The van der Waals surface area contributed by atoms with Crippen molar-refractivity contribution in [2.24, 2.45) is 0 Å². The predicted molar refractivity (Wildman–Crippen MR) is 94.9 cm³/mol. The van der Waals surface area contributed by atoms with E-state index in [9.17, 15) is 14.1 Å². The molecule has 6 heteroatoms. The molecular weight excluding hydrogens is 342 g/mol. The largest absolute Gasteiger partial charge is 0.376 e. The lowest BCUT2D eigenvalue weighted by Gasteiger charge is -2.33. The van der Waals surface area contributed by atoms with Crippen LogP contribution in [0.25, 0.3) is 0 Å². The predicted octanol–water partition coefficient (Wildman–Crippen LogP) is 5.71. The van der Waals surface area contributed by atoms with Crippen LogP contribution < -0.4 is 0 Å². The van der Waals surface area contributed by atoms with Gasteiger partial charge in [0.2, 0.25) is 0 Å². The maximum absolute atomic E-state index is 13.5. The van der Waals surface area contributed by atoms with E-state index >= 15 is 0 Å². The molecule has 1 unspecified atom stereocenters. The van der Waals surface area contributed by atoms with Crippen molar-refractivity contribution in [2.75, 3.05) is 0 Å². The van der Waals surface area contributed by atoms with Crippen LogP contribution in [0.2, 0.25) is 0 Å². The van der Waals surface area contributed by atoms with Gasteiger partial charge in [-0.1, -0.05) is 50.7 Å². The first kappa shape index (κ1) is 19.0. The van der Waals surface area contributed by atoms with Gasteiger partial charge in [-0.15, -0.1) is 0 Å². The van der Waals surface area contributed by atoms with E-state index in [2.05, 4.69) is 0 Å². The van der Waals surface area contributed by atoms with Gasteiger partial charge in [0.05, 0.1) is 12.2 Å². The third kappa shape index (κ3) is 5.13. The lowest BCUT2D eigenvalue weighted by Crippen LogP contribution is -2.22. The van der Waals surface area contributed by atoms with Gasteiger partial charge in [-0.05, 0) is 43.4 Å². The van der Waals surface area contributed by atoms with Crippen LogP contribution in [0, 0.1) is 5.82 Å². The van der Waals surface area contributed by atoms with Crippen LogP contribution in [0.1, 0.15) is 75.6 Å². The van der Waals surface area contributed by atoms with E-state index in [1.165, 1.54) is 24.3 Å². The number of hydrogen-bond acceptors (Lipinski definition) is 4. The zero-order chi connectivity index (χ0) is 17.7. The van der Waals surface area contributed by atoms with Gasteiger partial charge in [-0.2, -0.15) is 0 Å². The molecule has 0 spiro atoms. The molecule has 140 valence electrons. The summed E-state index contributed by atoms with van der Waals surface area (Å²) in [5.41, 5.74) is 0.372. The fraction of sp³-hybridized carbons (Fsp3) is 0.684. The molecule has 0 saturated heterocycles. The Morgan fingerprint density at radius 3 is 1.76 bits per heavy atom. The monoisotopic (exact) mass is 370 g/mol. The van der Waals surface area contributed by atoms with Crippen LogP contribution in [0.15, 0.2) is 24.3 Å². The maximum atomic E-state index is 13.5. The van der Waals surface area contributed by atoms with Gasteiger partial charge in [0, 0.05) is 0 Å². The Bertz CT molecular complexity index is 556. The molecule has 1 aromatic carbocycles. The van der Waals surface area contributed by atoms with Crippen molar-refractivity contribution in [1.29, 1.82) is 0 Å². The van der Waals surface area contributed by atoms with Crippen molar-refractivity contribution in [3.05, 3.63) is 35.6 Å². The molecule has 2 saturated carbocycles. The first-order chi connectivity index (χ1) is 12.1. The molecule has 1 aromatic rings. The lowest BCUT2D eigenvalue weighted by molar-refractivity contribution is 0.0544. The second-order valence-corrected chi connectivity index (χ2v) is 9.19. The minimum absolute atomic E-state index is 0.140. The molecule has 0 amide bonds. The molecule has 0 bridgehead atoms. The molecule has 1 N–H and O–H groups in total. The minimum atomic E-state index is -3.75. The van der Waals surface area contributed by atoms with Crippen LogP contribution in [0.5, 0.6) is 0 Å². The van der Waals surface area contributed by atoms with Crippen LogP contribution in [0.4, 0.5) is 4.39 Å². The average molecular weight is 370 g/mol. The van der Waals surface area contributed by atoms with Crippen LogP contribution >= 0.6 is 7.60 Å². The first-order valence-electron chi connectivity index (χ1n) is 9.47. The fourth-order valence-electron chi connectivity index (χ4n) is 3.71. The number of benzene rings is 1. The topological polar surface area (TPSA) is 55.8 Å². The van der Waals surface area contributed by atoms with Crippen molar-refractivity contribution < 1.29 is 23.1 Å². The van der Waals surface area contributed by atoms with E-state index in [0.717, 1.165) is 64.2 Å². The molecular formula is C19H28FO4P. The molecule has 3 rings (SSSR count). The van der Waals surface area contributed by atoms with E-state index in [4.69, 9.17) is 9.05 Å². The van der Waals surface area contributed by atoms with E-state index in [1.54, 1.807) is 0 Å². The second kappa shape index (κ2) is 8.77. The highest BCUT2D eigenvalue weighted by molar-refractivity contribution is 7.54. The van der Waals surface area contributed by atoms with E-state index in [0.29, 0.717) is 5.56 Å². The highest BCUT2D eigenvalue weighted by atomic mass is 31.2. The van der Waals surface area contributed by atoms with Gasteiger partial charge in [0.25, 0.3) is 0 Å². The minimum Gasteiger partial charge on any atom is -0.376 e. The molecule has 2 aliphatic rings. The molecule has 25 heavy (non-hydrogen) atoms. The van der Waals surface area contributed by atoms with Gasteiger partial charge in [-0.25, -0.2) is 4.39 Å². The molecule has 0 heterocycles. The molecule has 2 fully saturated rings. The van der Waals surface area contributed by atoms with E-state index in [1.807, 2.05) is 0 Å². The van der Waals surface area contributed by atoms with Crippen molar-refractivity contribution in [3.63, 3.8) is 0 Å². The fourth-order valence-corrected chi connectivity index (χ4v) is 5.78. The summed E-state index contributed by atoms with van der Waals surface area (Å²) in [6, 6.07) is 5.40. The Morgan fingerprint density at radius 1 is 0.880 bits per heavy atom. The van der Waals surface area contributed by atoms with Crippen LogP contribution in [0.3, 0.4) is 0 Å². The zero-order valence-corrected chi connectivity index (χ0v) is 15.5. The maximum Gasteiger partial charge on any atom is 0.363 e. The average Bonchev–Trinajstić information content (AvgIpc) is 2.63. The summed E-state index contributed by atoms with van der Waals surface area (Å²) in [5, 5.41) is 10.8. The Balaban J connectivity index is 1.78. The standard InChI is InChI=1S/C19H28FO4P/c20-16-13-11-15(12-14-16)19(21)25(22,23-17-7-3-1-4-8-17)24-18-9-5-2-6-10-18/h11-14,17-19,21H,1-10H2. The molecule has 2 aliphatic carbocycles. The Labute approximate surface area is 149 Å². The van der Waals surface area contributed by atoms with Crippen molar-refractivity contribution in [3.8, 4) is 0 Å². The zero-order valence-electron chi connectivity index (χ0n) is 14.6. The summed E-state index contributed by atoms with van der Waals surface area (Å²) < 4.78 is 38.6. The van der Waals surface area contributed by atoms with Crippen molar-refractivity contribution in [1.82, 2.24) is 0 Å². The number of aliphatic hydroxyl groups is 1. The summed E-state index contributed by atoms with van der Waals surface area (Å²) in [6.07, 6.45) is 9.58. The lowest BCUT2D eigenvalue weighted by atomic mass is 9.98. The molecule has 0 aliphatic heterocycles. The van der Waals surface area contributed by atoms with E-state index < -0.39 is 19.3 Å². The van der Waals surface area contributed by atoms with Gasteiger partial charge >= 0.3 is 7.60 Å². The van der Waals surface area contributed by atoms with E-state index in [-0.39, 0.29) is 12.2 Å². The third-order valence-electron chi connectivity index (χ3n) is 5.16. The van der Waals surface area contributed by atoms with Crippen molar-refractivity contribution in [2.45, 2.75) is 82.3 Å². The Hall–Kier alpha value is -0.740. The van der Waals surface area contributed by atoms with Crippen LogP contribution in [-0.4, -0.2) is 17.3 Å². The number of aliphatic hydroxyl groups excluding tert-OH is 1. The molecule has 0 radical (unpaired) electrons. The smallest absolute Gasteiger partial charge is 0.363 e. The molecule has 1 atom stereocenters. The Morgan fingerprint density at radius 2 is 1.32 bits per heavy atom. The first-order valence-corrected chi connectivity index (χ1v) is 11.1. The SMILES string of the molecule is O=P(OC1CCCCC1)(OC1CCCCC1)C(O)c1ccc(F)cc1. The molecule has 0 aromatic heterocycles. The van der Waals surface area contributed by atoms with Gasteiger partial charge in [-0.3, -0.25) is 4.57 Å². The van der Waals surface area contributed by atoms with Gasteiger partial charge in [0.15, 0.2) is 5.85 Å². The number of rotatable bonds is 6. The Kier molecular flexibility index (Phi) is 6.67. The van der Waals surface area contributed by atoms with Crippen LogP contribution in [-0.2, 0) is 13.6 Å². The van der Waals surface area contributed by atoms with Gasteiger partial charge in [0.1, 0.15) is 5.82 Å². The molecule has 4 nitrogen and oxygen atoms in total. The summed E-state index contributed by atoms with van der Waals surface area (Å²) in [6.45, 7) is 0. The summed E-state index contributed by atoms with van der Waals surface area (Å²) in [5.74, 6) is -1.77. The summed E-state index contributed by atoms with van der Waals surface area (Å²) >= 11 is 0. The third-order valence-corrected chi connectivity index (χ3v) is 7.25. The summed E-state index contributed by atoms with van der Waals surface area (Å²) in [7, 11) is -3.75. The normalized spacial score (nSPS) is 22.0. The summed E-state index contributed by atoms with van der Waals surface area (Å²) in [4.78, 5) is 0. The second-order valence-electron chi connectivity index (χ2n) is 7.20. The number of halogens is 1.